The smallest absolute Gasteiger partial charge is 0.220 e. The maximum atomic E-state index is 12.0. The van der Waals surface area contributed by atoms with Crippen molar-refractivity contribution in [1.29, 1.82) is 0 Å². The Morgan fingerprint density at radius 1 is 1.40 bits per heavy atom. The molecule has 0 aliphatic rings. The number of aromatic nitrogens is 3. The van der Waals surface area contributed by atoms with Gasteiger partial charge in [0.15, 0.2) is 0 Å². The molecule has 0 unspecified atom stereocenters. The molecule has 2 aromatic rings. The number of nitrogens with one attached hydrogen (secondary N) is 1. The summed E-state index contributed by atoms with van der Waals surface area (Å²) < 4.78 is 1.80. The van der Waals surface area contributed by atoms with Crippen molar-refractivity contribution in [1.82, 2.24) is 20.1 Å². The van der Waals surface area contributed by atoms with Crippen LogP contribution in [0.4, 0.5) is 0 Å². The van der Waals surface area contributed by atoms with E-state index in [1.54, 1.807) is 23.3 Å². The summed E-state index contributed by atoms with van der Waals surface area (Å²) in [6.07, 6.45) is 7.31. The third kappa shape index (κ3) is 3.66. The molecule has 5 heteroatoms. The van der Waals surface area contributed by atoms with Crippen LogP contribution in [0.2, 0.25) is 0 Å². The molecule has 1 amide bonds. The minimum absolute atomic E-state index is 0.0175. The van der Waals surface area contributed by atoms with E-state index >= 15 is 0 Å². The lowest BCUT2D eigenvalue weighted by Crippen LogP contribution is -2.29. The van der Waals surface area contributed by atoms with E-state index in [4.69, 9.17) is 0 Å². The minimum Gasteiger partial charge on any atom is -0.348 e. The Balaban J connectivity index is 1.88. The molecule has 0 aromatic carbocycles. The maximum absolute atomic E-state index is 12.0. The van der Waals surface area contributed by atoms with Crippen LogP contribution in [0.5, 0.6) is 0 Å². The molecule has 0 bridgehead atoms. The normalized spacial score (nSPS) is 12.1. The monoisotopic (exact) mass is 272 g/mol. The zero-order valence-electron chi connectivity index (χ0n) is 11.9. The van der Waals surface area contributed by atoms with Crippen LogP contribution < -0.4 is 5.32 Å². The zero-order valence-corrected chi connectivity index (χ0v) is 11.9. The van der Waals surface area contributed by atoms with Gasteiger partial charge >= 0.3 is 0 Å². The standard InChI is InChI=1S/C15H20N4O/c1-3-13(14-8-10-17-19(14)2)18-15(20)7-6-12-5-4-9-16-11-12/h4-5,8-11,13H,3,6-7H2,1-2H3,(H,18,20)/t13-/m1/s1. The summed E-state index contributed by atoms with van der Waals surface area (Å²) in [7, 11) is 1.89. The second-order valence-electron chi connectivity index (χ2n) is 4.77. The van der Waals surface area contributed by atoms with Gasteiger partial charge in [0, 0.05) is 32.1 Å². The highest BCUT2D eigenvalue weighted by Crippen LogP contribution is 2.15. The molecule has 2 rings (SSSR count). The number of pyridine rings is 1. The van der Waals surface area contributed by atoms with Gasteiger partial charge in [0.25, 0.3) is 0 Å². The Morgan fingerprint density at radius 3 is 2.85 bits per heavy atom. The van der Waals surface area contributed by atoms with Gasteiger partial charge in [0.1, 0.15) is 0 Å². The van der Waals surface area contributed by atoms with Gasteiger partial charge in [-0.25, -0.2) is 0 Å². The molecule has 0 fully saturated rings. The molecule has 1 N–H and O–H groups in total. The SMILES string of the molecule is CC[C@@H](NC(=O)CCc1cccnc1)c1ccnn1C. The Labute approximate surface area is 119 Å². The van der Waals surface area contributed by atoms with Crippen molar-refractivity contribution in [3.63, 3.8) is 0 Å². The average Bonchev–Trinajstić information content (AvgIpc) is 2.90. The Kier molecular flexibility index (Phi) is 4.87. The molecule has 0 aliphatic heterocycles. The summed E-state index contributed by atoms with van der Waals surface area (Å²) in [5.41, 5.74) is 2.11. The molecule has 0 saturated heterocycles. The average molecular weight is 272 g/mol. The summed E-state index contributed by atoms with van der Waals surface area (Å²) >= 11 is 0. The molecule has 1 atom stereocenters. The quantitative estimate of drug-likeness (QED) is 0.875. The highest BCUT2D eigenvalue weighted by atomic mass is 16.1. The Hall–Kier alpha value is -2.17. The maximum Gasteiger partial charge on any atom is 0.220 e. The van der Waals surface area contributed by atoms with Crippen molar-refractivity contribution in [2.45, 2.75) is 32.2 Å². The van der Waals surface area contributed by atoms with E-state index < -0.39 is 0 Å². The number of aryl methyl sites for hydroxylation is 2. The molecule has 5 nitrogen and oxygen atoms in total. The van der Waals surface area contributed by atoms with Crippen molar-refractivity contribution in [3.8, 4) is 0 Å². The number of amides is 1. The second-order valence-corrected chi connectivity index (χ2v) is 4.77. The number of hydrogen-bond donors (Lipinski definition) is 1. The van der Waals surface area contributed by atoms with Crippen molar-refractivity contribution >= 4 is 5.91 Å². The van der Waals surface area contributed by atoms with Crippen LogP contribution in [-0.4, -0.2) is 20.7 Å². The molecule has 0 radical (unpaired) electrons. The van der Waals surface area contributed by atoms with E-state index in [9.17, 15) is 4.79 Å². The Morgan fingerprint density at radius 2 is 2.25 bits per heavy atom. The highest BCUT2D eigenvalue weighted by Gasteiger charge is 2.15. The summed E-state index contributed by atoms with van der Waals surface area (Å²) in [4.78, 5) is 16.1. The van der Waals surface area contributed by atoms with Gasteiger partial charge in [-0.3, -0.25) is 14.5 Å². The lowest BCUT2D eigenvalue weighted by atomic mass is 10.1. The van der Waals surface area contributed by atoms with Gasteiger partial charge in [-0.2, -0.15) is 5.10 Å². The number of carbonyl (C=O) groups excluding carboxylic acids is 1. The van der Waals surface area contributed by atoms with Gasteiger partial charge in [-0.05, 0) is 30.5 Å². The van der Waals surface area contributed by atoms with E-state index in [-0.39, 0.29) is 11.9 Å². The predicted octanol–water partition coefficient (Wildman–Crippen LogP) is 2.02. The summed E-state index contributed by atoms with van der Waals surface area (Å²) in [5.74, 6) is 0.0573. The molecule has 0 aliphatic carbocycles. The van der Waals surface area contributed by atoms with Crippen LogP contribution >= 0.6 is 0 Å². The number of carbonyl (C=O) groups is 1. The van der Waals surface area contributed by atoms with E-state index in [1.165, 1.54) is 0 Å². The van der Waals surface area contributed by atoms with Crippen LogP contribution in [0.1, 0.15) is 37.1 Å². The molecule has 0 saturated carbocycles. The fourth-order valence-electron chi connectivity index (χ4n) is 2.18. The van der Waals surface area contributed by atoms with E-state index in [2.05, 4.69) is 22.3 Å². The molecule has 106 valence electrons. The number of nitrogens with zero attached hydrogens (tertiary/aromatic N) is 3. The molecule has 0 spiro atoms. The third-order valence-electron chi connectivity index (χ3n) is 3.32. The topological polar surface area (TPSA) is 59.8 Å². The van der Waals surface area contributed by atoms with Crippen molar-refractivity contribution in [3.05, 3.63) is 48.0 Å². The van der Waals surface area contributed by atoms with Gasteiger partial charge in [-0.1, -0.05) is 13.0 Å². The predicted molar refractivity (Wildman–Crippen MR) is 76.9 cm³/mol. The Bertz CT molecular complexity index is 550. The summed E-state index contributed by atoms with van der Waals surface area (Å²) in [6.45, 7) is 2.05. The number of hydrogen-bond acceptors (Lipinski definition) is 3. The lowest BCUT2D eigenvalue weighted by molar-refractivity contribution is -0.121. The molecule has 2 heterocycles. The van der Waals surface area contributed by atoms with E-state index in [1.807, 2.05) is 25.2 Å². The fraction of sp³-hybridized carbons (Fsp3) is 0.400. The zero-order chi connectivity index (χ0) is 14.4. The molecular weight excluding hydrogens is 252 g/mol. The molecular formula is C15H20N4O. The van der Waals surface area contributed by atoms with Gasteiger partial charge in [0.2, 0.25) is 5.91 Å². The van der Waals surface area contributed by atoms with Crippen molar-refractivity contribution in [2.24, 2.45) is 7.05 Å². The first kappa shape index (κ1) is 14.2. The van der Waals surface area contributed by atoms with Crippen LogP contribution in [0.15, 0.2) is 36.8 Å². The van der Waals surface area contributed by atoms with Crippen LogP contribution in [0.25, 0.3) is 0 Å². The van der Waals surface area contributed by atoms with Gasteiger partial charge in [0.05, 0.1) is 11.7 Å². The second kappa shape index (κ2) is 6.84. The highest BCUT2D eigenvalue weighted by molar-refractivity contribution is 5.76. The summed E-state index contributed by atoms with van der Waals surface area (Å²) in [5, 5.41) is 7.20. The van der Waals surface area contributed by atoms with Crippen molar-refractivity contribution < 1.29 is 4.79 Å². The van der Waals surface area contributed by atoms with E-state index in [0.717, 1.165) is 17.7 Å². The minimum atomic E-state index is 0.0175. The number of rotatable bonds is 6. The van der Waals surface area contributed by atoms with E-state index in [0.29, 0.717) is 12.8 Å². The van der Waals surface area contributed by atoms with Gasteiger partial charge < -0.3 is 5.32 Å². The molecule has 20 heavy (non-hydrogen) atoms. The largest absolute Gasteiger partial charge is 0.348 e. The molecule has 2 aromatic heterocycles. The van der Waals surface area contributed by atoms with Gasteiger partial charge in [-0.15, -0.1) is 0 Å². The third-order valence-corrected chi connectivity index (χ3v) is 3.32. The summed E-state index contributed by atoms with van der Waals surface area (Å²) in [6, 6.07) is 5.83. The lowest BCUT2D eigenvalue weighted by Gasteiger charge is -2.17. The van der Waals surface area contributed by atoms with Crippen LogP contribution in [0.3, 0.4) is 0 Å². The van der Waals surface area contributed by atoms with Crippen molar-refractivity contribution in [2.75, 3.05) is 0 Å². The first-order chi connectivity index (χ1) is 9.70. The fourth-order valence-corrected chi connectivity index (χ4v) is 2.18. The van der Waals surface area contributed by atoms with Crippen LogP contribution in [-0.2, 0) is 18.3 Å². The first-order valence-corrected chi connectivity index (χ1v) is 6.87. The first-order valence-electron chi connectivity index (χ1n) is 6.87. The van der Waals surface area contributed by atoms with Crippen LogP contribution in [0, 0.1) is 0 Å².